The van der Waals surface area contributed by atoms with Gasteiger partial charge in [-0.1, -0.05) is 18.2 Å². The van der Waals surface area contributed by atoms with Gasteiger partial charge in [0.25, 0.3) is 0 Å². The summed E-state index contributed by atoms with van der Waals surface area (Å²) in [6.07, 6.45) is 3.42. The van der Waals surface area contributed by atoms with Gasteiger partial charge in [0, 0.05) is 19.0 Å². The average molecular weight is 265 g/mol. The van der Waals surface area contributed by atoms with Gasteiger partial charge in [-0.3, -0.25) is 4.79 Å². The number of alkyl halides is 1. The highest BCUT2D eigenvalue weighted by Crippen LogP contribution is 2.38. The van der Waals surface area contributed by atoms with Crippen molar-refractivity contribution >= 4 is 29.3 Å². The van der Waals surface area contributed by atoms with Crippen LogP contribution in [0.15, 0.2) is 36.9 Å². The maximum absolute atomic E-state index is 11.4. The second kappa shape index (κ2) is 5.91. The topological polar surface area (TPSA) is 23.6 Å². The Balaban J connectivity index is 2.34. The molecule has 18 heavy (non-hydrogen) atoms. The Morgan fingerprint density at radius 2 is 1.94 bits per heavy atom. The summed E-state index contributed by atoms with van der Waals surface area (Å²) in [5, 5.41) is 0. The molecule has 1 aromatic rings. The van der Waals surface area contributed by atoms with Gasteiger partial charge in [0.2, 0.25) is 0 Å². The van der Waals surface area contributed by atoms with Gasteiger partial charge in [0.1, 0.15) is 0 Å². The van der Waals surface area contributed by atoms with Crippen LogP contribution in [0.3, 0.4) is 0 Å². The van der Waals surface area contributed by atoms with Gasteiger partial charge in [-0.05, 0) is 18.6 Å². The van der Waals surface area contributed by atoms with Crippen LogP contribution in [0.4, 0.5) is 11.4 Å². The Morgan fingerprint density at radius 1 is 1.28 bits per heavy atom. The molecule has 1 atom stereocenters. The molecule has 0 saturated carbocycles. The van der Waals surface area contributed by atoms with Gasteiger partial charge < -0.3 is 9.80 Å². The van der Waals surface area contributed by atoms with Crippen LogP contribution in [-0.4, -0.2) is 31.4 Å². The van der Waals surface area contributed by atoms with E-state index >= 15 is 0 Å². The number of nitrogens with zero attached hydrogens (tertiary/aromatic N) is 2. The molecule has 96 valence electrons. The van der Waals surface area contributed by atoms with Crippen LogP contribution >= 0.6 is 11.6 Å². The summed E-state index contributed by atoms with van der Waals surface area (Å²) in [6.45, 7) is 5.21. The zero-order valence-corrected chi connectivity index (χ0v) is 11.0. The van der Waals surface area contributed by atoms with Crippen LogP contribution in [0.2, 0.25) is 0 Å². The zero-order chi connectivity index (χ0) is 13.0. The summed E-state index contributed by atoms with van der Waals surface area (Å²) in [6, 6.07) is 8.06. The van der Waals surface area contributed by atoms with Gasteiger partial charge in [0.05, 0.1) is 11.4 Å². The van der Waals surface area contributed by atoms with Crippen LogP contribution < -0.4 is 9.80 Å². The smallest absolute Gasteiger partial charge is 0.162 e. The third-order valence-electron chi connectivity index (χ3n) is 3.12. The van der Waals surface area contributed by atoms with Crippen molar-refractivity contribution in [3.05, 3.63) is 36.9 Å². The van der Waals surface area contributed by atoms with Crippen molar-refractivity contribution in [1.82, 2.24) is 0 Å². The Morgan fingerprint density at radius 3 is 2.50 bits per heavy atom. The molecule has 0 N–H and O–H groups in total. The van der Waals surface area contributed by atoms with Gasteiger partial charge >= 0.3 is 0 Å². The lowest BCUT2D eigenvalue weighted by atomic mass is 10.2. The molecule has 1 aromatic carbocycles. The van der Waals surface area contributed by atoms with Gasteiger partial charge in [-0.15, -0.1) is 18.2 Å². The highest BCUT2D eigenvalue weighted by Gasteiger charge is 2.34. The lowest BCUT2D eigenvalue weighted by molar-refractivity contribution is -0.108. The first-order valence-electron chi connectivity index (χ1n) is 6.08. The van der Waals surface area contributed by atoms with E-state index < -0.39 is 0 Å². The summed E-state index contributed by atoms with van der Waals surface area (Å²) in [5.74, 6) is 0.603. The fraction of sp³-hybridized carbons (Fsp3) is 0.357. The van der Waals surface area contributed by atoms with E-state index in [-0.39, 0.29) is 6.17 Å². The fourth-order valence-electron chi connectivity index (χ4n) is 2.38. The van der Waals surface area contributed by atoms with E-state index in [0.717, 1.165) is 30.6 Å². The Kier molecular flexibility index (Phi) is 4.26. The van der Waals surface area contributed by atoms with E-state index in [9.17, 15) is 4.79 Å². The number of fused-ring (bicyclic) bond motifs is 1. The largest absolute Gasteiger partial charge is 0.343 e. The Bertz CT molecular complexity index is 436. The molecule has 4 heteroatoms. The first-order chi connectivity index (χ1) is 8.83. The third-order valence-corrected chi connectivity index (χ3v) is 3.39. The first kappa shape index (κ1) is 13.0. The molecule has 0 fully saturated rings. The van der Waals surface area contributed by atoms with Crippen molar-refractivity contribution in [2.24, 2.45) is 0 Å². The van der Waals surface area contributed by atoms with Crippen molar-refractivity contribution < 1.29 is 4.79 Å². The Labute approximate surface area is 113 Å². The van der Waals surface area contributed by atoms with Crippen molar-refractivity contribution in [3.8, 4) is 0 Å². The van der Waals surface area contributed by atoms with Crippen LogP contribution in [-0.2, 0) is 4.79 Å². The molecule has 0 radical (unpaired) electrons. The second-order valence-electron chi connectivity index (χ2n) is 4.22. The number of para-hydroxylation sites is 2. The number of rotatable bonds is 6. The van der Waals surface area contributed by atoms with Crippen molar-refractivity contribution in [3.63, 3.8) is 0 Å². The second-order valence-corrected chi connectivity index (χ2v) is 4.59. The standard InChI is InChI=1S/C14H17ClN2O/c1-2-9-16-12-6-3-4-7-13(12)17(10-5-8-15)14(16)11-18/h2-4,6-7,11,14H,1,5,8-10H2. The summed E-state index contributed by atoms with van der Waals surface area (Å²) in [4.78, 5) is 15.5. The highest BCUT2D eigenvalue weighted by molar-refractivity contribution is 6.17. The SMILES string of the molecule is C=CCN1c2ccccc2N(CCCCl)C1C=O. The van der Waals surface area contributed by atoms with Gasteiger partial charge in [-0.25, -0.2) is 0 Å². The minimum atomic E-state index is -0.247. The molecule has 0 spiro atoms. The molecular formula is C14H17ClN2O. The summed E-state index contributed by atoms with van der Waals surface area (Å²) in [5.41, 5.74) is 2.19. The molecule has 1 aliphatic rings. The van der Waals surface area contributed by atoms with Crippen LogP contribution in [0.5, 0.6) is 0 Å². The lowest BCUT2D eigenvalue weighted by Crippen LogP contribution is -2.45. The lowest BCUT2D eigenvalue weighted by Gasteiger charge is -2.27. The summed E-state index contributed by atoms with van der Waals surface area (Å²) < 4.78 is 0. The van der Waals surface area contributed by atoms with E-state index in [4.69, 9.17) is 11.6 Å². The first-order valence-corrected chi connectivity index (χ1v) is 6.61. The molecular weight excluding hydrogens is 248 g/mol. The molecule has 0 bridgehead atoms. The molecule has 1 heterocycles. The van der Waals surface area contributed by atoms with Crippen molar-refractivity contribution in [1.29, 1.82) is 0 Å². The number of anilines is 2. The maximum Gasteiger partial charge on any atom is 0.162 e. The monoisotopic (exact) mass is 264 g/mol. The number of benzene rings is 1. The van der Waals surface area contributed by atoms with Crippen LogP contribution in [0, 0.1) is 0 Å². The number of carbonyl (C=O) groups excluding carboxylic acids is 1. The molecule has 3 nitrogen and oxygen atoms in total. The number of hydrogen-bond donors (Lipinski definition) is 0. The number of hydrogen-bond acceptors (Lipinski definition) is 3. The maximum atomic E-state index is 11.4. The zero-order valence-electron chi connectivity index (χ0n) is 10.3. The highest BCUT2D eigenvalue weighted by atomic mass is 35.5. The Hall–Kier alpha value is -1.48. The van der Waals surface area contributed by atoms with E-state index in [0.29, 0.717) is 12.4 Å². The predicted molar refractivity (Wildman–Crippen MR) is 76.5 cm³/mol. The normalized spacial score (nSPS) is 17.7. The minimum Gasteiger partial charge on any atom is -0.343 e. The quantitative estimate of drug-likeness (QED) is 0.448. The predicted octanol–water partition coefficient (Wildman–Crippen LogP) is 2.65. The van der Waals surface area contributed by atoms with Gasteiger partial charge in [-0.2, -0.15) is 0 Å². The summed E-state index contributed by atoms with van der Waals surface area (Å²) >= 11 is 5.75. The van der Waals surface area contributed by atoms with Crippen LogP contribution in [0.1, 0.15) is 6.42 Å². The van der Waals surface area contributed by atoms with Crippen molar-refractivity contribution in [2.45, 2.75) is 12.6 Å². The summed E-state index contributed by atoms with van der Waals surface area (Å²) in [7, 11) is 0. The van der Waals surface area contributed by atoms with E-state index in [1.54, 1.807) is 0 Å². The number of aldehydes is 1. The van der Waals surface area contributed by atoms with Crippen molar-refractivity contribution in [2.75, 3.05) is 28.8 Å². The molecule has 1 unspecified atom stereocenters. The average Bonchev–Trinajstić information content (AvgIpc) is 2.71. The molecule has 0 aromatic heterocycles. The van der Waals surface area contributed by atoms with E-state index in [1.807, 2.05) is 30.3 Å². The molecule has 0 saturated heterocycles. The number of carbonyl (C=O) groups is 1. The fourth-order valence-corrected chi connectivity index (χ4v) is 2.50. The van der Waals surface area contributed by atoms with Crippen LogP contribution in [0.25, 0.3) is 0 Å². The van der Waals surface area contributed by atoms with Gasteiger partial charge in [0.15, 0.2) is 12.5 Å². The van der Waals surface area contributed by atoms with E-state index in [1.165, 1.54) is 0 Å². The molecule has 1 aliphatic heterocycles. The molecule has 0 amide bonds. The molecule has 0 aliphatic carbocycles. The minimum absolute atomic E-state index is 0.247. The van der Waals surface area contributed by atoms with E-state index in [2.05, 4.69) is 16.4 Å². The number of halogens is 1. The molecule has 2 rings (SSSR count). The third kappa shape index (κ3) is 2.23.